The van der Waals surface area contributed by atoms with E-state index in [0.29, 0.717) is 15.6 Å². The van der Waals surface area contributed by atoms with Gasteiger partial charge in [-0.25, -0.2) is 9.48 Å². The largest absolute Gasteiger partial charge is 0.335 e. The first-order valence-electron chi connectivity index (χ1n) is 8.72. The fourth-order valence-electron chi connectivity index (χ4n) is 3.15. The van der Waals surface area contributed by atoms with Crippen molar-refractivity contribution >= 4 is 41.1 Å². The summed E-state index contributed by atoms with van der Waals surface area (Å²) >= 11 is 12.3. The minimum Gasteiger partial charge on any atom is -0.305 e. The first kappa shape index (κ1) is 18.3. The molecule has 27 heavy (non-hydrogen) atoms. The van der Waals surface area contributed by atoms with Gasteiger partial charge in [-0.3, -0.25) is 4.79 Å². The molecule has 0 bridgehead atoms. The number of nitrogens with zero attached hydrogens (tertiary/aromatic N) is 5. The van der Waals surface area contributed by atoms with E-state index in [4.69, 9.17) is 23.2 Å². The molecule has 1 aliphatic carbocycles. The zero-order valence-corrected chi connectivity index (χ0v) is 16.7. The topological polar surface area (TPSA) is 71.3 Å². The summed E-state index contributed by atoms with van der Waals surface area (Å²) in [5.41, 5.74) is 0.246. The molecule has 1 aromatic carbocycles. The van der Waals surface area contributed by atoms with Crippen LogP contribution >= 0.6 is 23.2 Å². The van der Waals surface area contributed by atoms with Crippen molar-refractivity contribution in [2.45, 2.75) is 51.2 Å². The van der Waals surface area contributed by atoms with Crippen LogP contribution in [-0.4, -0.2) is 37.6 Å². The Morgan fingerprint density at radius 2 is 1.85 bits per heavy atom. The van der Waals surface area contributed by atoms with Gasteiger partial charge in [-0.1, -0.05) is 29.3 Å². The number of halogens is 2. The average Bonchev–Trinajstić information content (AvgIpc) is 3.21. The van der Waals surface area contributed by atoms with E-state index in [-0.39, 0.29) is 17.5 Å². The minimum atomic E-state index is -0.795. The van der Waals surface area contributed by atoms with Crippen molar-refractivity contribution in [2.24, 2.45) is 0 Å². The molecule has 0 radical (unpaired) electrons. The van der Waals surface area contributed by atoms with Crippen LogP contribution in [0.4, 0.5) is 10.7 Å². The normalized spacial score (nSPS) is 20.7. The van der Waals surface area contributed by atoms with Gasteiger partial charge in [-0.2, -0.15) is 9.88 Å². The second-order valence-corrected chi connectivity index (χ2v) is 8.67. The van der Waals surface area contributed by atoms with E-state index in [1.807, 2.05) is 20.8 Å². The number of anilines is 1. The van der Waals surface area contributed by atoms with Crippen molar-refractivity contribution in [3.63, 3.8) is 0 Å². The van der Waals surface area contributed by atoms with Crippen molar-refractivity contribution in [3.8, 4) is 0 Å². The van der Waals surface area contributed by atoms with Gasteiger partial charge in [-0.15, -0.1) is 5.10 Å². The van der Waals surface area contributed by atoms with Crippen molar-refractivity contribution in [2.75, 3.05) is 4.90 Å². The van der Waals surface area contributed by atoms with Gasteiger partial charge < -0.3 is 4.90 Å². The van der Waals surface area contributed by atoms with Crippen LogP contribution in [0.15, 0.2) is 24.5 Å². The van der Waals surface area contributed by atoms with Gasteiger partial charge in [0.25, 0.3) is 11.9 Å². The summed E-state index contributed by atoms with van der Waals surface area (Å²) in [7, 11) is 0. The third-order valence-electron chi connectivity index (χ3n) is 4.71. The highest BCUT2D eigenvalue weighted by molar-refractivity contribution is 6.35. The molecule has 7 nitrogen and oxygen atoms in total. The SMILES string of the molecule is CC(C)(C)n1cnc(N2C(=O)[C@H](c3ccc(Cl)cc3Cl)N(C3CC3)C2=O)n1. The molecular formula is C18H19Cl2N5O2. The second-order valence-electron chi connectivity index (χ2n) is 7.82. The predicted molar refractivity (Wildman–Crippen MR) is 102 cm³/mol. The summed E-state index contributed by atoms with van der Waals surface area (Å²) in [4.78, 5) is 33.2. The number of hydrogen-bond donors (Lipinski definition) is 0. The van der Waals surface area contributed by atoms with Crippen molar-refractivity contribution in [3.05, 3.63) is 40.1 Å². The summed E-state index contributed by atoms with van der Waals surface area (Å²) in [5, 5.41) is 5.18. The third kappa shape index (κ3) is 3.08. The van der Waals surface area contributed by atoms with Gasteiger partial charge in [0.05, 0.1) is 5.54 Å². The summed E-state index contributed by atoms with van der Waals surface area (Å²) < 4.78 is 1.63. The van der Waals surface area contributed by atoms with E-state index in [1.54, 1.807) is 27.8 Å². The Labute approximate surface area is 166 Å². The molecule has 2 heterocycles. The Kier molecular flexibility index (Phi) is 4.20. The molecule has 2 aromatic rings. The number of aromatic nitrogens is 3. The lowest BCUT2D eigenvalue weighted by molar-refractivity contribution is -0.120. The monoisotopic (exact) mass is 407 g/mol. The van der Waals surface area contributed by atoms with Crippen LogP contribution in [0.5, 0.6) is 0 Å². The van der Waals surface area contributed by atoms with E-state index in [2.05, 4.69) is 10.1 Å². The van der Waals surface area contributed by atoms with E-state index >= 15 is 0 Å². The lowest BCUT2D eigenvalue weighted by Gasteiger charge is -2.22. The van der Waals surface area contributed by atoms with Crippen molar-refractivity contribution in [1.29, 1.82) is 0 Å². The first-order valence-corrected chi connectivity index (χ1v) is 9.47. The molecule has 142 valence electrons. The summed E-state index contributed by atoms with van der Waals surface area (Å²) in [5.74, 6) is -0.319. The van der Waals surface area contributed by atoms with Crippen molar-refractivity contribution < 1.29 is 9.59 Å². The molecule has 0 unspecified atom stereocenters. The highest BCUT2D eigenvalue weighted by Gasteiger charge is 2.53. The van der Waals surface area contributed by atoms with E-state index < -0.39 is 18.0 Å². The van der Waals surface area contributed by atoms with E-state index in [1.165, 1.54) is 6.33 Å². The summed E-state index contributed by atoms with van der Waals surface area (Å²) in [6, 6.07) is 3.76. The molecule has 3 amide bonds. The number of carbonyl (C=O) groups excluding carboxylic acids is 2. The molecule has 4 rings (SSSR count). The lowest BCUT2D eigenvalue weighted by atomic mass is 10.1. The maximum absolute atomic E-state index is 13.2. The van der Waals surface area contributed by atoms with Gasteiger partial charge in [0, 0.05) is 21.7 Å². The van der Waals surface area contributed by atoms with E-state index in [9.17, 15) is 9.59 Å². The van der Waals surface area contributed by atoms with Gasteiger partial charge >= 0.3 is 6.03 Å². The second kappa shape index (κ2) is 6.21. The number of rotatable bonds is 3. The van der Waals surface area contributed by atoms with Gasteiger partial charge in [0.15, 0.2) is 0 Å². The minimum absolute atomic E-state index is 0.0212. The Hall–Kier alpha value is -2.12. The smallest absolute Gasteiger partial charge is 0.305 e. The third-order valence-corrected chi connectivity index (χ3v) is 5.27. The van der Waals surface area contributed by atoms with Gasteiger partial charge in [0.2, 0.25) is 0 Å². The van der Waals surface area contributed by atoms with Crippen LogP contribution < -0.4 is 4.90 Å². The number of urea groups is 1. The molecule has 2 aliphatic rings. The Morgan fingerprint density at radius 1 is 1.15 bits per heavy atom. The molecule has 2 fully saturated rings. The first-order chi connectivity index (χ1) is 12.7. The lowest BCUT2D eigenvalue weighted by Crippen LogP contribution is -2.35. The molecule has 9 heteroatoms. The molecule has 0 N–H and O–H groups in total. The number of amides is 3. The molecule has 1 aromatic heterocycles. The Morgan fingerprint density at radius 3 is 2.41 bits per heavy atom. The quantitative estimate of drug-likeness (QED) is 0.720. The fraction of sp³-hybridized carbons (Fsp3) is 0.444. The predicted octanol–water partition coefficient (Wildman–Crippen LogP) is 4.01. The molecule has 1 saturated heterocycles. The number of hydrogen-bond acceptors (Lipinski definition) is 4. The maximum Gasteiger partial charge on any atom is 0.335 e. The Bertz CT molecular complexity index is 932. The molecule has 0 spiro atoms. The summed E-state index contributed by atoms with van der Waals surface area (Å²) in [6.07, 6.45) is 3.25. The highest BCUT2D eigenvalue weighted by atomic mass is 35.5. The van der Waals surface area contributed by atoms with Crippen LogP contribution in [0, 0.1) is 0 Å². The molecular weight excluding hydrogens is 389 g/mol. The van der Waals surface area contributed by atoms with Crippen molar-refractivity contribution in [1.82, 2.24) is 19.7 Å². The van der Waals surface area contributed by atoms with E-state index in [0.717, 1.165) is 17.7 Å². The number of imide groups is 1. The fourth-order valence-corrected chi connectivity index (χ4v) is 3.66. The molecule has 1 saturated carbocycles. The zero-order valence-electron chi connectivity index (χ0n) is 15.2. The van der Waals surface area contributed by atoms with Crippen LogP contribution in [0.25, 0.3) is 0 Å². The zero-order chi connectivity index (χ0) is 19.5. The summed E-state index contributed by atoms with van der Waals surface area (Å²) in [6.45, 7) is 5.89. The standard InChI is InChI=1S/C18H19Cl2N5O2/c1-18(2,3)23-9-21-16(22-23)25-15(26)14(24(17(25)27)11-5-6-11)12-7-4-10(19)8-13(12)20/h4,7-9,11,14H,5-6H2,1-3H3/t14-/m0/s1. The van der Waals surface area contributed by atoms with Gasteiger partial charge in [0.1, 0.15) is 12.4 Å². The average molecular weight is 408 g/mol. The highest BCUT2D eigenvalue weighted by Crippen LogP contribution is 2.43. The van der Waals surface area contributed by atoms with Crippen LogP contribution in [0.1, 0.15) is 45.2 Å². The number of carbonyl (C=O) groups is 2. The maximum atomic E-state index is 13.2. The molecule has 1 atom stereocenters. The Balaban J connectivity index is 1.76. The number of benzene rings is 1. The van der Waals surface area contributed by atoms with Gasteiger partial charge in [-0.05, 0) is 45.7 Å². The van der Waals surface area contributed by atoms with Crippen LogP contribution in [0.3, 0.4) is 0 Å². The molecule has 1 aliphatic heterocycles. The van der Waals surface area contributed by atoms with Crippen LogP contribution in [0.2, 0.25) is 10.0 Å². The van der Waals surface area contributed by atoms with Crippen LogP contribution in [-0.2, 0) is 10.3 Å².